The summed E-state index contributed by atoms with van der Waals surface area (Å²) in [6.07, 6.45) is 6.85. The Morgan fingerprint density at radius 1 is 1.44 bits per heavy atom. The molecule has 0 amide bonds. The van der Waals surface area contributed by atoms with Gasteiger partial charge in [-0.15, -0.1) is 5.10 Å². The third-order valence-corrected chi connectivity index (χ3v) is 3.79. The number of hydrogen-bond acceptors (Lipinski definition) is 4. The van der Waals surface area contributed by atoms with Crippen LogP contribution >= 0.6 is 15.9 Å². The molecule has 1 saturated heterocycles. The molecule has 3 heterocycles. The van der Waals surface area contributed by atoms with Crippen LogP contribution in [-0.2, 0) is 13.6 Å². The molecule has 0 bridgehead atoms. The van der Waals surface area contributed by atoms with E-state index in [-0.39, 0.29) is 0 Å². The van der Waals surface area contributed by atoms with Crippen LogP contribution in [0.25, 0.3) is 0 Å². The highest BCUT2D eigenvalue weighted by Crippen LogP contribution is 2.23. The number of aromatic nitrogens is 5. The Bertz CT molecular complexity index is 533. The van der Waals surface area contributed by atoms with E-state index in [1.165, 1.54) is 0 Å². The summed E-state index contributed by atoms with van der Waals surface area (Å²) >= 11 is 3.44. The van der Waals surface area contributed by atoms with Crippen molar-refractivity contribution in [3.63, 3.8) is 0 Å². The lowest BCUT2D eigenvalue weighted by Gasteiger charge is -2.15. The fourth-order valence-corrected chi connectivity index (χ4v) is 2.67. The van der Waals surface area contributed by atoms with Crippen LogP contribution in [0.3, 0.4) is 0 Å². The van der Waals surface area contributed by atoms with E-state index in [1.807, 2.05) is 35.0 Å². The maximum Gasteiger partial charge on any atom is 0.0738 e. The molecule has 1 unspecified atom stereocenters. The molecule has 2 aromatic rings. The average molecular weight is 311 g/mol. The van der Waals surface area contributed by atoms with Gasteiger partial charge < -0.3 is 0 Å². The molecule has 18 heavy (non-hydrogen) atoms. The molecule has 1 atom stereocenters. The standard InChI is InChI=1S/C11H15BrN6/c1-16-11(5-13-15-16)8-17-3-2-10(7-17)18-6-9(12)4-14-18/h4-6,10H,2-3,7-8H2,1H3. The van der Waals surface area contributed by atoms with Crippen molar-refractivity contribution in [1.29, 1.82) is 0 Å². The molecule has 7 heteroatoms. The summed E-state index contributed by atoms with van der Waals surface area (Å²) in [5.74, 6) is 0. The van der Waals surface area contributed by atoms with Gasteiger partial charge in [0.05, 0.1) is 28.6 Å². The van der Waals surface area contributed by atoms with Crippen molar-refractivity contribution in [2.24, 2.45) is 7.05 Å². The number of likely N-dealkylation sites (tertiary alicyclic amines) is 1. The number of rotatable bonds is 3. The Balaban J connectivity index is 1.63. The Kier molecular flexibility index (Phi) is 3.17. The van der Waals surface area contributed by atoms with Gasteiger partial charge in [-0.05, 0) is 22.4 Å². The van der Waals surface area contributed by atoms with Gasteiger partial charge in [-0.1, -0.05) is 5.21 Å². The molecule has 0 aliphatic carbocycles. The van der Waals surface area contributed by atoms with E-state index in [2.05, 4.69) is 36.2 Å². The van der Waals surface area contributed by atoms with Gasteiger partial charge in [0, 0.05) is 32.9 Å². The van der Waals surface area contributed by atoms with Crippen molar-refractivity contribution >= 4 is 15.9 Å². The molecule has 3 rings (SSSR count). The first-order valence-electron chi connectivity index (χ1n) is 5.98. The molecule has 96 valence electrons. The Hall–Kier alpha value is -1.21. The third kappa shape index (κ3) is 2.32. The minimum Gasteiger partial charge on any atom is -0.295 e. The molecule has 6 nitrogen and oxygen atoms in total. The Labute approximate surface area is 114 Å². The molecule has 2 aromatic heterocycles. The van der Waals surface area contributed by atoms with E-state index in [9.17, 15) is 0 Å². The van der Waals surface area contributed by atoms with Crippen molar-refractivity contribution in [1.82, 2.24) is 29.7 Å². The van der Waals surface area contributed by atoms with Crippen LogP contribution < -0.4 is 0 Å². The highest BCUT2D eigenvalue weighted by molar-refractivity contribution is 9.10. The zero-order chi connectivity index (χ0) is 12.5. The number of halogens is 1. The smallest absolute Gasteiger partial charge is 0.0738 e. The first-order valence-corrected chi connectivity index (χ1v) is 6.77. The maximum absolute atomic E-state index is 4.36. The minimum absolute atomic E-state index is 0.470. The zero-order valence-corrected chi connectivity index (χ0v) is 11.8. The minimum atomic E-state index is 0.470. The number of hydrogen-bond donors (Lipinski definition) is 0. The summed E-state index contributed by atoms with van der Waals surface area (Å²) in [6.45, 7) is 3.02. The lowest BCUT2D eigenvalue weighted by atomic mass is 10.3. The summed E-state index contributed by atoms with van der Waals surface area (Å²) in [7, 11) is 1.93. The molecular formula is C11H15BrN6. The molecule has 1 fully saturated rings. The summed E-state index contributed by atoms with van der Waals surface area (Å²) in [5, 5.41) is 12.2. The maximum atomic E-state index is 4.36. The molecule has 1 aliphatic heterocycles. The number of nitrogens with zero attached hydrogens (tertiary/aromatic N) is 6. The Morgan fingerprint density at radius 3 is 3.00 bits per heavy atom. The molecule has 1 aliphatic rings. The van der Waals surface area contributed by atoms with E-state index in [0.29, 0.717) is 6.04 Å². The van der Waals surface area contributed by atoms with E-state index >= 15 is 0 Å². The van der Waals surface area contributed by atoms with Crippen LogP contribution in [0.5, 0.6) is 0 Å². The SMILES string of the molecule is Cn1nncc1CN1CCC(n2cc(Br)cn2)C1. The topological polar surface area (TPSA) is 51.8 Å². The quantitative estimate of drug-likeness (QED) is 0.855. The molecule has 0 N–H and O–H groups in total. The second-order valence-electron chi connectivity index (χ2n) is 4.67. The lowest BCUT2D eigenvalue weighted by molar-refractivity contribution is 0.303. The van der Waals surface area contributed by atoms with Crippen molar-refractivity contribution in [2.75, 3.05) is 13.1 Å². The average Bonchev–Trinajstić information content (AvgIpc) is 3.03. The predicted molar refractivity (Wildman–Crippen MR) is 69.9 cm³/mol. The van der Waals surface area contributed by atoms with Gasteiger partial charge in [0.1, 0.15) is 0 Å². The summed E-state index contributed by atoms with van der Waals surface area (Å²) in [4.78, 5) is 2.42. The van der Waals surface area contributed by atoms with Crippen molar-refractivity contribution in [3.05, 3.63) is 28.8 Å². The summed E-state index contributed by atoms with van der Waals surface area (Å²) in [5.41, 5.74) is 1.15. The number of aryl methyl sites for hydroxylation is 1. The zero-order valence-electron chi connectivity index (χ0n) is 10.2. The van der Waals surface area contributed by atoms with E-state index in [1.54, 1.807) is 0 Å². The molecular weight excluding hydrogens is 296 g/mol. The lowest BCUT2D eigenvalue weighted by Crippen LogP contribution is -2.22. The van der Waals surface area contributed by atoms with E-state index < -0.39 is 0 Å². The van der Waals surface area contributed by atoms with Crippen molar-refractivity contribution < 1.29 is 0 Å². The van der Waals surface area contributed by atoms with Crippen molar-refractivity contribution in [3.8, 4) is 0 Å². The second kappa shape index (κ2) is 4.81. The largest absolute Gasteiger partial charge is 0.295 e. The highest BCUT2D eigenvalue weighted by Gasteiger charge is 2.25. The fraction of sp³-hybridized carbons (Fsp3) is 0.545. The monoisotopic (exact) mass is 310 g/mol. The molecule has 0 spiro atoms. The molecule has 0 radical (unpaired) electrons. The van der Waals surface area contributed by atoms with Gasteiger partial charge in [0.2, 0.25) is 0 Å². The normalized spacial score (nSPS) is 20.7. The van der Waals surface area contributed by atoms with Gasteiger partial charge >= 0.3 is 0 Å². The highest BCUT2D eigenvalue weighted by atomic mass is 79.9. The molecule has 0 aromatic carbocycles. The summed E-state index contributed by atoms with van der Waals surface area (Å²) in [6, 6.07) is 0.470. The van der Waals surface area contributed by atoms with E-state index in [0.717, 1.165) is 36.2 Å². The van der Waals surface area contributed by atoms with Gasteiger partial charge in [-0.25, -0.2) is 0 Å². The van der Waals surface area contributed by atoms with Crippen LogP contribution in [-0.4, -0.2) is 42.8 Å². The fourth-order valence-electron chi connectivity index (χ4n) is 2.37. The van der Waals surface area contributed by atoms with Crippen LogP contribution in [0, 0.1) is 0 Å². The van der Waals surface area contributed by atoms with Crippen LogP contribution in [0.2, 0.25) is 0 Å². The first kappa shape index (κ1) is 11.9. The van der Waals surface area contributed by atoms with Crippen LogP contribution in [0.4, 0.5) is 0 Å². The van der Waals surface area contributed by atoms with Gasteiger partial charge in [0.25, 0.3) is 0 Å². The van der Waals surface area contributed by atoms with Crippen molar-refractivity contribution in [2.45, 2.75) is 19.0 Å². The molecule has 0 saturated carbocycles. The Morgan fingerprint density at radius 2 is 2.33 bits per heavy atom. The predicted octanol–water partition coefficient (Wildman–Crippen LogP) is 1.22. The van der Waals surface area contributed by atoms with Crippen LogP contribution in [0.15, 0.2) is 23.1 Å². The van der Waals surface area contributed by atoms with Crippen LogP contribution in [0.1, 0.15) is 18.2 Å². The summed E-state index contributed by atoms with van der Waals surface area (Å²) < 4.78 is 4.92. The second-order valence-corrected chi connectivity index (χ2v) is 5.58. The third-order valence-electron chi connectivity index (χ3n) is 3.39. The van der Waals surface area contributed by atoms with E-state index in [4.69, 9.17) is 0 Å². The van der Waals surface area contributed by atoms with Gasteiger partial charge in [-0.3, -0.25) is 14.3 Å². The first-order chi connectivity index (χ1) is 8.72. The van der Waals surface area contributed by atoms with Gasteiger partial charge in [0.15, 0.2) is 0 Å². The van der Waals surface area contributed by atoms with Gasteiger partial charge in [-0.2, -0.15) is 5.10 Å².